The SMILES string of the molecule is O=C(Cn1ccc2ccccc2c1=O)N1CCN(c2ncccc2Cl)CC1. The molecule has 0 saturated carbocycles. The largest absolute Gasteiger partial charge is 0.352 e. The number of piperazine rings is 1. The topological polar surface area (TPSA) is 58.4 Å². The molecule has 1 aliphatic rings. The van der Waals surface area contributed by atoms with Gasteiger partial charge in [-0.2, -0.15) is 0 Å². The predicted octanol–water partition coefficient (Wildman–Crippen LogP) is 2.40. The number of benzene rings is 1. The maximum Gasteiger partial charge on any atom is 0.258 e. The van der Waals surface area contributed by atoms with Crippen molar-refractivity contribution in [3.8, 4) is 0 Å². The zero-order valence-electron chi connectivity index (χ0n) is 14.7. The Kier molecular flexibility index (Phi) is 4.81. The lowest BCUT2D eigenvalue weighted by atomic mass is 10.2. The van der Waals surface area contributed by atoms with Crippen LogP contribution in [0.2, 0.25) is 5.02 Å². The van der Waals surface area contributed by atoms with Gasteiger partial charge in [0.2, 0.25) is 5.91 Å². The van der Waals surface area contributed by atoms with Crippen molar-refractivity contribution in [1.29, 1.82) is 0 Å². The first-order valence-electron chi connectivity index (χ1n) is 8.85. The fraction of sp³-hybridized carbons (Fsp3) is 0.250. The average molecular weight is 383 g/mol. The quantitative estimate of drug-likeness (QED) is 0.698. The zero-order valence-corrected chi connectivity index (χ0v) is 15.5. The van der Waals surface area contributed by atoms with Gasteiger partial charge in [0.15, 0.2) is 0 Å². The van der Waals surface area contributed by atoms with Crippen molar-refractivity contribution in [1.82, 2.24) is 14.5 Å². The number of carbonyl (C=O) groups excluding carboxylic acids is 1. The van der Waals surface area contributed by atoms with E-state index in [0.29, 0.717) is 36.6 Å². The van der Waals surface area contributed by atoms with Gasteiger partial charge in [0.25, 0.3) is 5.56 Å². The number of aromatic nitrogens is 2. The lowest BCUT2D eigenvalue weighted by molar-refractivity contribution is -0.132. The number of carbonyl (C=O) groups is 1. The molecule has 0 spiro atoms. The second kappa shape index (κ2) is 7.40. The minimum atomic E-state index is -0.139. The molecule has 3 aromatic rings. The van der Waals surface area contributed by atoms with Gasteiger partial charge in [-0.15, -0.1) is 0 Å². The first kappa shape index (κ1) is 17.5. The van der Waals surface area contributed by atoms with Gasteiger partial charge < -0.3 is 14.4 Å². The molecular formula is C20H19ClN4O2. The molecule has 1 aliphatic heterocycles. The summed E-state index contributed by atoms with van der Waals surface area (Å²) in [4.78, 5) is 33.4. The summed E-state index contributed by atoms with van der Waals surface area (Å²) >= 11 is 6.21. The Morgan fingerprint density at radius 1 is 1.04 bits per heavy atom. The van der Waals surface area contributed by atoms with Crippen LogP contribution in [0, 0.1) is 0 Å². The highest BCUT2D eigenvalue weighted by atomic mass is 35.5. The number of rotatable bonds is 3. The summed E-state index contributed by atoms with van der Waals surface area (Å²) in [6.07, 6.45) is 3.40. The Hall–Kier alpha value is -2.86. The van der Waals surface area contributed by atoms with E-state index in [4.69, 9.17) is 11.6 Å². The van der Waals surface area contributed by atoms with E-state index < -0.39 is 0 Å². The minimum absolute atomic E-state index is 0.0496. The number of halogens is 1. The molecular weight excluding hydrogens is 364 g/mol. The van der Waals surface area contributed by atoms with Crippen LogP contribution < -0.4 is 10.5 Å². The van der Waals surface area contributed by atoms with Gasteiger partial charge in [-0.05, 0) is 29.7 Å². The van der Waals surface area contributed by atoms with Crippen LogP contribution in [0.15, 0.2) is 59.7 Å². The molecule has 7 heteroatoms. The highest BCUT2D eigenvalue weighted by Gasteiger charge is 2.23. The standard InChI is InChI=1S/C20H19ClN4O2/c21-17-6-3-8-22-19(17)24-12-10-23(11-13-24)18(26)14-25-9-7-15-4-1-2-5-16(15)20(25)27/h1-9H,10-14H2. The van der Waals surface area contributed by atoms with Crippen molar-refractivity contribution >= 4 is 34.1 Å². The van der Waals surface area contributed by atoms with E-state index in [9.17, 15) is 9.59 Å². The van der Waals surface area contributed by atoms with Crippen LogP contribution in [0.5, 0.6) is 0 Å². The van der Waals surface area contributed by atoms with Crippen LogP contribution >= 0.6 is 11.6 Å². The van der Waals surface area contributed by atoms with Crippen molar-refractivity contribution in [3.05, 3.63) is 70.2 Å². The number of fused-ring (bicyclic) bond motifs is 1. The molecule has 0 N–H and O–H groups in total. The summed E-state index contributed by atoms with van der Waals surface area (Å²) in [6.45, 7) is 2.53. The van der Waals surface area contributed by atoms with Gasteiger partial charge in [-0.25, -0.2) is 4.98 Å². The maximum absolute atomic E-state index is 12.7. The lowest BCUT2D eigenvalue weighted by Crippen LogP contribution is -2.50. The molecule has 1 fully saturated rings. The summed E-state index contributed by atoms with van der Waals surface area (Å²) in [6, 6.07) is 12.9. The molecule has 1 amide bonds. The predicted molar refractivity (Wildman–Crippen MR) is 106 cm³/mol. The van der Waals surface area contributed by atoms with Gasteiger partial charge in [0, 0.05) is 44.0 Å². The molecule has 3 heterocycles. The number of pyridine rings is 2. The third kappa shape index (κ3) is 3.53. The van der Waals surface area contributed by atoms with Crippen molar-refractivity contribution in [2.24, 2.45) is 0 Å². The van der Waals surface area contributed by atoms with E-state index in [-0.39, 0.29) is 18.0 Å². The highest BCUT2D eigenvalue weighted by molar-refractivity contribution is 6.32. The van der Waals surface area contributed by atoms with Gasteiger partial charge in [-0.1, -0.05) is 29.8 Å². The Balaban J connectivity index is 1.44. The van der Waals surface area contributed by atoms with Crippen LogP contribution in [-0.4, -0.2) is 46.5 Å². The van der Waals surface area contributed by atoms with E-state index in [1.54, 1.807) is 29.4 Å². The molecule has 0 radical (unpaired) electrons. The van der Waals surface area contributed by atoms with E-state index in [2.05, 4.69) is 9.88 Å². The third-order valence-electron chi connectivity index (χ3n) is 4.86. The van der Waals surface area contributed by atoms with Crippen molar-refractivity contribution in [2.45, 2.75) is 6.54 Å². The smallest absolute Gasteiger partial charge is 0.258 e. The number of nitrogens with zero attached hydrogens (tertiary/aromatic N) is 4. The van der Waals surface area contributed by atoms with E-state index in [1.165, 1.54) is 4.57 Å². The van der Waals surface area contributed by atoms with Gasteiger partial charge in [-0.3, -0.25) is 9.59 Å². The monoisotopic (exact) mass is 382 g/mol. The Bertz CT molecular complexity index is 1040. The van der Waals surface area contributed by atoms with Crippen LogP contribution in [0.4, 0.5) is 5.82 Å². The first-order chi connectivity index (χ1) is 13.1. The maximum atomic E-state index is 12.7. The van der Waals surface area contributed by atoms with Crippen molar-refractivity contribution in [2.75, 3.05) is 31.1 Å². The van der Waals surface area contributed by atoms with Crippen LogP contribution in [0.1, 0.15) is 0 Å². The zero-order chi connectivity index (χ0) is 18.8. The molecule has 27 heavy (non-hydrogen) atoms. The summed E-state index contributed by atoms with van der Waals surface area (Å²) < 4.78 is 1.48. The minimum Gasteiger partial charge on any atom is -0.352 e. The summed E-state index contributed by atoms with van der Waals surface area (Å²) in [5.41, 5.74) is -0.139. The summed E-state index contributed by atoms with van der Waals surface area (Å²) in [5, 5.41) is 2.12. The molecule has 138 valence electrons. The Morgan fingerprint density at radius 2 is 1.81 bits per heavy atom. The highest BCUT2D eigenvalue weighted by Crippen LogP contribution is 2.23. The van der Waals surface area contributed by atoms with Gasteiger partial charge >= 0.3 is 0 Å². The first-order valence-corrected chi connectivity index (χ1v) is 9.23. The molecule has 1 aromatic carbocycles. The van der Waals surface area contributed by atoms with E-state index in [1.807, 2.05) is 30.3 Å². The fourth-order valence-electron chi connectivity index (χ4n) is 3.38. The molecule has 0 atom stereocenters. The Morgan fingerprint density at radius 3 is 2.59 bits per heavy atom. The fourth-order valence-corrected chi connectivity index (χ4v) is 3.62. The molecule has 0 unspecified atom stereocenters. The number of hydrogen-bond acceptors (Lipinski definition) is 4. The second-order valence-corrected chi connectivity index (χ2v) is 6.92. The van der Waals surface area contributed by atoms with Crippen LogP contribution in [-0.2, 0) is 11.3 Å². The molecule has 0 aliphatic carbocycles. The molecule has 0 bridgehead atoms. The summed E-state index contributed by atoms with van der Waals surface area (Å²) in [7, 11) is 0. The molecule has 6 nitrogen and oxygen atoms in total. The lowest BCUT2D eigenvalue weighted by Gasteiger charge is -2.35. The van der Waals surface area contributed by atoms with Crippen LogP contribution in [0.3, 0.4) is 0 Å². The summed E-state index contributed by atoms with van der Waals surface area (Å²) in [5.74, 6) is 0.691. The van der Waals surface area contributed by atoms with Crippen molar-refractivity contribution < 1.29 is 4.79 Å². The van der Waals surface area contributed by atoms with Gasteiger partial charge in [0.05, 0.1) is 5.02 Å². The second-order valence-electron chi connectivity index (χ2n) is 6.51. The third-order valence-corrected chi connectivity index (χ3v) is 5.16. The van der Waals surface area contributed by atoms with E-state index in [0.717, 1.165) is 11.2 Å². The molecule has 2 aromatic heterocycles. The van der Waals surface area contributed by atoms with Crippen LogP contribution in [0.25, 0.3) is 10.8 Å². The normalized spacial score (nSPS) is 14.6. The van der Waals surface area contributed by atoms with Gasteiger partial charge in [0.1, 0.15) is 12.4 Å². The van der Waals surface area contributed by atoms with E-state index >= 15 is 0 Å². The average Bonchev–Trinajstić information content (AvgIpc) is 2.71. The van der Waals surface area contributed by atoms with Crippen molar-refractivity contribution in [3.63, 3.8) is 0 Å². The number of anilines is 1. The number of hydrogen-bond donors (Lipinski definition) is 0. The molecule has 1 saturated heterocycles. The molecule has 4 rings (SSSR count). The number of amides is 1. The Labute approximate surface area is 161 Å².